The molecule has 0 unspecified atom stereocenters. The standard InChI is InChI=1S/C19H17N3O5/c1-2-26-19(25)12-7-9-13(10-8-12)27-11-16(23)21-22-17-14-5-3-4-6-15(14)20-18(17)24/h3-10,20,24H,2,11H2,1H3. The maximum Gasteiger partial charge on any atom is 0.338 e. The lowest BCUT2D eigenvalue weighted by Gasteiger charge is -2.05. The Morgan fingerprint density at radius 2 is 1.85 bits per heavy atom. The van der Waals surface area contributed by atoms with Gasteiger partial charge in [-0.1, -0.05) is 18.2 Å². The first kappa shape index (κ1) is 18.1. The molecular formula is C19H17N3O5. The van der Waals surface area contributed by atoms with E-state index in [-0.39, 0.29) is 18.2 Å². The van der Waals surface area contributed by atoms with Crippen molar-refractivity contribution in [2.75, 3.05) is 13.2 Å². The van der Waals surface area contributed by atoms with Gasteiger partial charge in [0, 0.05) is 5.39 Å². The van der Waals surface area contributed by atoms with E-state index in [9.17, 15) is 14.7 Å². The number of para-hydroxylation sites is 1. The van der Waals surface area contributed by atoms with Gasteiger partial charge in [-0.25, -0.2) is 4.79 Å². The van der Waals surface area contributed by atoms with Crippen LogP contribution in [0.4, 0.5) is 5.69 Å². The Labute approximate surface area is 154 Å². The van der Waals surface area contributed by atoms with Gasteiger partial charge in [0.25, 0.3) is 0 Å². The summed E-state index contributed by atoms with van der Waals surface area (Å²) in [4.78, 5) is 26.2. The van der Waals surface area contributed by atoms with Crippen molar-refractivity contribution in [3.8, 4) is 11.6 Å². The monoisotopic (exact) mass is 367 g/mol. The number of rotatable bonds is 6. The van der Waals surface area contributed by atoms with Gasteiger partial charge in [-0.2, -0.15) is 0 Å². The Kier molecular flexibility index (Phi) is 5.46. The number of esters is 1. The maximum atomic E-state index is 11.9. The lowest BCUT2D eigenvalue weighted by Crippen LogP contribution is -2.08. The Morgan fingerprint density at radius 1 is 1.11 bits per heavy atom. The summed E-state index contributed by atoms with van der Waals surface area (Å²) >= 11 is 0. The number of aromatic nitrogens is 1. The second-order valence-corrected chi connectivity index (χ2v) is 5.50. The highest BCUT2D eigenvalue weighted by Crippen LogP contribution is 2.35. The second kappa shape index (κ2) is 8.13. The molecule has 3 aromatic rings. The number of carbonyl (C=O) groups is 2. The van der Waals surface area contributed by atoms with Gasteiger partial charge in [0.15, 0.2) is 12.3 Å². The molecule has 0 aliphatic heterocycles. The van der Waals surface area contributed by atoms with Crippen molar-refractivity contribution in [1.82, 2.24) is 4.98 Å². The molecule has 138 valence electrons. The molecule has 0 atom stereocenters. The number of azo groups is 1. The number of fused-ring (bicyclic) bond motifs is 1. The number of hydrogen-bond acceptors (Lipinski definition) is 6. The first-order chi connectivity index (χ1) is 13.1. The van der Waals surface area contributed by atoms with Gasteiger partial charge in [0.1, 0.15) is 5.75 Å². The molecule has 0 radical (unpaired) electrons. The Morgan fingerprint density at radius 3 is 2.59 bits per heavy atom. The maximum absolute atomic E-state index is 11.9. The number of H-pyrrole nitrogens is 1. The highest BCUT2D eigenvalue weighted by Gasteiger charge is 2.11. The molecule has 8 heteroatoms. The van der Waals surface area contributed by atoms with E-state index >= 15 is 0 Å². The van der Waals surface area contributed by atoms with E-state index in [4.69, 9.17) is 9.47 Å². The smallest absolute Gasteiger partial charge is 0.338 e. The minimum absolute atomic E-state index is 0.164. The van der Waals surface area contributed by atoms with Crippen LogP contribution >= 0.6 is 0 Å². The topological polar surface area (TPSA) is 113 Å². The fraction of sp³-hybridized carbons (Fsp3) is 0.158. The summed E-state index contributed by atoms with van der Waals surface area (Å²) in [5.41, 5.74) is 1.28. The number of aromatic amines is 1. The van der Waals surface area contributed by atoms with Crippen molar-refractivity contribution >= 4 is 28.5 Å². The van der Waals surface area contributed by atoms with Gasteiger partial charge >= 0.3 is 11.9 Å². The number of benzene rings is 2. The van der Waals surface area contributed by atoms with Crippen molar-refractivity contribution in [3.63, 3.8) is 0 Å². The van der Waals surface area contributed by atoms with E-state index in [1.54, 1.807) is 49.4 Å². The van der Waals surface area contributed by atoms with Crippen LogP contribution < -0.4 is 4.74 Å². The van der Waals surface area contributed by atoms with Gasteiger partial charge in [0.2, 0.25) is 5.88 Å². The minimum atomic E-state index is -0.617. The summed E-state index contributed by atoms with van der Waals surface area (Å²) < 4.78 is 10.2. The van der Waals surface area contributed by atoms with Crippen molar-refractivity contribution in [3.05, 3.63) is 54.1 Å². The molecule has 1 heterocycles. The third kappa shape index (κ3) is 4.30. The quantitative estimate of drug-likeness (QED) is 0.509. The molecule has 3 rings (SSSR count). The van der Waals surface area contributed by atoms with Crippen LogP contribution in [0.3, 0.4) is 0 Å². The molecule has 27 heavy (non-hydrogen) atoms. The predicted molar refractivity (Wildman–Crippen MR) is 97.4 cm³/mol. The van der Waals surface area contributed by atoms with Crippen LogP contribution in [0, 0.1) is 0 Å². The molecule has 1 amide bonds. The molecule has 0 bridgehead atoms. The summed E-state index contributed by atoms with van der Waals surface area (Å²) in [6.45, 7) is 1.69. The second-order valence-electron chi connectivity index (χ2n) is 5.50. The number of aromatic hydroxyl groups is 1. The summed E-state index contributed by atoms with van der Waals surface area (Å²) in [7, 11) is 0. The number of ether oxygens (including phenoxy) is 2. The lowest BCUT2D eigenvalue weighted by atomic mass is 10.2. The van der Waals surface area contributed by atoms with Crippen LogP contribution in [0.25, 0.3) is 10.9 Å². The molecule has 0 aliphatic carbocycles. The zero-order chi connectivity index (χ0) is 19.2. The molecule has 0 aliphatic rings. The summed E-state index contributed by atoms with van der Waals surface area (Å²) in [5.74, 6) is -0.800. The summed E-state index contributed by atoms with van der Waals surface area (Å²) in [5, 5.41) is 17.9. The Bertz CT molecular complexity index is 992. The molecule has 0 spiro atoms. The number of carbonyl (C=O) groups excluding carboxylic acids is 2. The van der Waals surface area contributed by atoms with Gasteiger partial charge < -0.3 is 19.6 Å². The summed E-state index contributed by atoms with van der Waals surface area (Å²) in [6.07, 6.45) is 0. The van der Waals surface area contributed by atoms with E-state index < -0.39 is 11.9 Å². The third-order valence-electron chi connectivity index (χ3n) is 3.65. The lowest BCUT2D eigenvalue weighted by molar-refractivity contribution is -0.120. The van der Waals surface area contributed by atoms with Crippen molar-refractivity contribution < 1.29 is 24.2 Å². The number of nitrogens with one attached hydrogen (secondary N) is 1. The molecule has 1 aromatic heterocycles. The van der Waals surface area contributed by atoms with Crippen LogP contribution in [-0.4, -0.2) is 35.2 Å². The van der Waals surface area contributed by atoms with E-state index in [1.165, 1.54) is 0 Å². The minimum Gasteiger partial charge on any atom is -0.493 e. The fourth-order valence-electron chi connectivity index (χ4n) is 2.40. The average Bonchev–Trinajstić information content (AvgIpc) is 3.00. The highest BCUT2D eigenvalue weighted by atomic mass is 16.5. The number of nitrogens with zero attached hydrogens (tertiary/aromatic N) is 2. The molecule has 0 saturated heterocycles. The Balaban J connectivity index is 1.60. The third-order valence-corrected chi connectivity index (χ3v) is 3.65. The normalized spacial score (nSPS) is 11.0. The SMILES string of the molecule is CCOC(=O)c1ccc(OCC(=O)N=Nc2c(O)[nH]c3ccccc23)cc1. The molecular weight excluding hydrogens is 350 g/mol. The van der Waals surface area contributed by atoms with Crippen molar-refractivity contribution in [2.24, 2.45) is 10.2 Å². The zero-order valence-electron chi connectivity index (χ0n) is 14.5. The van der Waals surface area contributed by atoms with Crippen LogP contribution in [0.1, 0.15) is 17.3 Å². The molecule has 0 saturated carbocycles. The van der Waals surface area contributed by atoms with Gasteiger partial charge in [0.05, 0.1) is 17.7 Å². The molecule has 8 nitrogen and oxygen atoms in total. The number of amides is 1. The van der Waals surface area contributed by atoms with Gasteiger partial charge in [-0.05, 0) is 37.3 Å². The molecule has 2 N–H and O–H groups in total. The summed E-state index contributed by atoms with van der Waals surface area (Å²) in [6, 6.07) is 13.3. The fourth-order valence-corrected chi connectivity index (χ4v) is 2.40. The Hall–Kier alpha value is -3.68. The first-order valence-corrected chi connectivity index (χ1v) is 8.22. The van der Waals surface area contributed by atoms with Crippen LogP contribution in [0.2, 0.25) is 0 Å². The largest absolute Gasteiger partial charge is 0.493 e. The first-order valence-electron chi connectivity index (χ1n) is 8.22. The van der Waals surface area contributed by atoms with E-state index in [0.29, 0.717) is 28.8 Å². The van der Waals surface area contributed by atoms with Crippen molar-refractivity contribution in [1.29, 1.82) is 0 Å². The predicted octanol–water partition coefficient (Wildman–Crippen LogP) is 3.74. The molecule has 0 fully saturated rings. The van der Waals surface area contributed by atoms with Crippen molar-refractivity contribution in [2.45, 2.75) is 6.92 Å². The number of hydrogen-bond donors (Lipinski definition) is 2. The van der Waals surface area contributed by atoms with Gasteiger partial charge in [-0.3, -0.25) is 4.79 Å². The van der Waals surface area contributed by atoms with Crippen LogP contribution in [0.5, 0.6) is 11.6 Å². The van der Waals surface area contributed by atoms with E-state index in [1.807, 2.05) is 6.07 Å². The van der Waals surface area contributed by atoms with Gasteiger partial charge in [-0.15, -0.1) is 10.2 Å². The van der Waals surface area contributed by atoms with Crippen LogP contribution in [-0.2, 0) is 9.53 Å². The van der Waals surface area contributed by atoms with E-state index in [2.05, 4.69) is 15.2 Å². The zero-order valence-corrected chi connectivity index (χ0v) is 14.5. The highest BCUT2D eigenvalue weighted by molar-refractivity contribution is 5.94. The van der Waals surface area contributed by atoms with Crippen LogP contribution in [0.15, 0.2) is 58.8 Å². The van der Waals surface area contributed by atoms with E-state index in [0.717, 1.165) is 0 Å². The molecule has 2 aromatic carbocycles. The average molecular weight is 367 g/mol.